The lowest BCUT2D eigenvalue weighted by molar-refractivity contribution is 0.0696. The fraction of sp³-hybridized carbons (Fsp3) is 0.417. The molecular formula is C12H13ClO4S. The Morgan fingerprint density at radius 3 is 2.56 bits per heavy atom. The average Bonchev–Trinajstić information content (AvgIpc) is 2.24. The molecule has 2 rings (SSSR count). The molecule has 1 aromatic carbocycles. The van der Waals surface area contributed by atoms with Gasteiger partial charge in [0.05, 0.1) is 21.2 Å². The number of aromatic carboxylic acids is 1. The zero-order valence-electron chi connectivity index (χ0n) is 10.0. The SMILES string of the molecule is CC1(C)CCS(=O)(=O)c2ccc(C(=O)O)c(Cl)c21. The predicted molar refractivity (Wildman–Crippen MR) is 68.1 cm³/mol. The van der Waals surface area contributed by atoms with Gasteiger partial charge in [-0.3, -0.25) is 0 Å². The summed E-state index contributed by atoms with van der Waals surface area (Å²) >= 11 is 6.09. The number of carbonyl (C=O) groups is 1. The van der Waals surface area contributed by atoms with Crippen molar-refractivity contribution in [1.29, 1.82) is 0 Å². The van der Waals surface area contributed by atoms with Crippen LogP contribution in [0.3, 0.4) is 0 Å². The molecule has 0 spiro atoms. The van der Waals surface area contributed by atoms with Gasteiger partial charge in [-0.15, -0.1) is 0 Å². The van der Waals surface area contributed by atoms with Crippen LogP contribution in [0.4, 0.5) is 0 Å². The second-order valence-corrected chi connectivity index (χ2v) is 7.51. The maximum Gasteiger partial charge on any atom is 0.337 e. The van der Waals surface area contributed by atoms with Gasteiger partial charge in [-0.1, -0.05) is 25.4 Å². The third-order valence-electron chi connectivity index (χ3n) is 3.34. The van der Waals surface area contributed by atoms with Crippen molar-refractivity contribution >= 4 is 27.4 Å². The van der Waals surface area contributed by atoms with E-state index in [-0.39, 0.29) is 21.2 Å². The molecule has 0 unspecified atom stereocenters. The van der Waals surface area contributed by atoms with Gasteiger partial charge in [-0.2, -0.15) is 0 Å². The first-order valence-corrected chi connectivity index (χ1v) is 7.49. The van der Waals surface area contributed by atoms with Gasteiger partial charge in [0.25, 0.3) is 0 Å². The molecular weight excluding hydrogens is 276 g/mol. The molecule has 6 heteroatoms. The third kappa shape index (κ3) is 1.91. The first-order valence-electron chi connectivity index (χ1n) is 5.46. The third-order valence-corrected chi connectivity index (χ3v) is 5.49. The van der Waals surface area contributed by atoms with Gasteiger partial charge in [0.2, 0.25) is 0 Å². The van der Waals surface area contributed by atoms with Crippen LogP contribution in [-0.2, 0) is 15.3 Å². The lowest BCUT2D eigenvalue weighted by Crippen LogP contribution is -2.31. The smallest absolute Gasteiger partial charge is 0.337 e. The van der Waals surface area contributed by atoms with Crippen LogP contribution in [0.1, 0.15) is 36.2 Å². The summed E-state index contributed by atoms with van der Waals surface area (Å²) in [6.45, 7) is 3.75. The summed E-state index contributed by atoms with van der Waals surface area (Å²) < 4.78 is 24.0. The molecule has 0 bridgehead atoms. The minimum absolute atomic E-state index is 0.0354. The molecule has 1 aromatic rings. The van der Waals surface area contributed by atoms with Crippen molar-refractivity contribution in [3.05, 3.63) is 28.3 Å². The maximum absolute atomic E-state index is 12.0. The summed E-state index contributed by atoms with van der Waals surface area (Å²) in [5, 5.41) is 9.07. The van der Waals surface area contributed by atoms with Gasteiger partial charge in [0.1, 0.15) is 0 Å². The van der Waals surface area contributed by atoms with Crippen molar-refractivity contribution in [2.75, 3.05) is 5.75 Å². The van der Waals surface area contributed by atoms with Crippen molar-refractivity contribution < 1.29 is 18.3 Å². The number of rotatable bonds is 1. The first-order chi connectivity index (χ1) is 8.17. The van der Waals surface area contributed by atoms with Crippen LogP contribution in [-0.4, -0.2) is 25.2 Å². The zero-order valence-corrected chi connectivity index (χ0v) is 11.6. The van der Waals surface area contributed by atoms with E-state index < -0.39 is 21.2 Å². The summed E-state index contributed by atoms with van der Waals surface area (Å²) in [5.41, 5.74) is -0.0701. The Bertz CT molecular complexity index is 632. The van der Waals surface area contributed by atoms with E-state index in [4.69, 9.17) is 16.7 Å². The monoisotopic (exact) mass is 288 g/mol. The summed E-state index contributed by atoms with van der Waals surface area (Å²) in [5.74, 6) is -1.09. The number of carboxylic acids is 1. The lowest BCUT2D eigenvalue weighted by atomic mass is 9.81. The molecule has 0 saturated heterocycles. The van der Waals surface area contributed by atoms with Crippen LogP contribution in [0.5, 0.6) is 0 Å². The Morgan fingerprint density at radius 2 is 2.00 bits per heavy atom. The molecule has 0 saturated carbocycles. The van der Waals surface area contributed by atoms with E-state index in [9.17, 15) is 13.2 Å². The highest BCUT2D eigenvalue weighted by atomic mass is 35.5. The first kappa shape index (κ1) is 13.4. The summed E-state index contributed by atoms with van der Waals surface area (Å²) in [7, 11) is -3.36. The second-order valence-electron chi connectivity index (χ2n) is 5.06. The normalized spacial score (nSPS) is 20.2. The summed E-state index contributed by atoms with van der Waals surface area (Å²) in [6.07, 6.45) is 0.436. The standard InChI is InChI=1S/C12H13ClO4S/c1-12(2)5-6-18(16,17)8-4-3-7(11(14)15)10(13)9(8)12/h3-4H,5-6H2,1-2H3,(H,14,15). The van der Waals surface area contributed by atoms with E-state index in [2.05, 4.69) is 0 Å². The Hall–Kier alpha value is -1.07. The number of hydrogen-bond acceptors (Lipinski definition) is 3. The number of carboxylic acid groups (broad SMARTS) is 1. The molecule has 18 heavy (non-hydrogen) atoms. The molecule has 0 amide bonds. The van der Waals surface area contributed by atoms with Gasteiger partial charge >= 0.3 is 5.97 Å². The minimum Gasteiger partial charge on any atom is -0.478 e. The Morgan fingerprint density at radius 1 is 1.39 bits per heavy atom. The number of hydrogen-bond donors (Lipinski definition) is 1. The summed E-state index contributed by atoms with van der Waals surface area (Å²) in [6, 6.07) is 2.60. The van der Waals surface area contributed by atoms with Gasteiger partial charge in [-0.25, -0.2) is 13.2 Å². The molecule has 0 aliphatic carbocycles. The van der Waals surface area contributed by atoms with Crippen LogP contribution in [0.2, 0.25) is 5.02 Å². The molecule has 1 N–H and O–H groups in total. The van der Waals surface area contributed by atoms with E-state index in [1.165, 1.54) is 12.1 Å². The Balaban J connectivity index is 2.85. The quantitative estimate of drug-likeness (QED) is 0.862. The average molecular weight is 289 g/mol. The molecule has 4 nitrogen and oxygen atoms in total. The van der Waals surface area contributed by atoms with Crippen LogP contribution >= 0.6 is 11.6 Å². The fourth-order valence-corrected chi connectivity index (χ4v) is 4.76. The zero-order chi connectivity index (χ0) is 13.7. The molecule has 0 atom stereocenters. The van der Waals surface area contributed by atoms with Crippen molar-refractivity contribution in [2.24, 2.45) is 0 Å². The highest BCUT2D eigenvalue weighted by molar-refractivity contribution is 7.91. The molecule has 0 radical (unpaired) electrons. The van der Waals surface area contributed by atoms with Crippen molar-refractivity contribution in [1.82, 2.24) is 0 Å². The topological polar surface area (TPSA) is 71.4 Å². The predicted octanol–water partition coefficient (Wildman–Crippen LogP) is 2.49. The Kier molecular flexibility index (Phi) is 2.94. The summed E-state index contributed by atoms with van der Waals surface area (Å²) in [4.78, 5) is 11.2. The van der Waals surface area contributed by atoms with E-state index in [0.717, 1.165) is 0 Å². The van der Waals surface area contributed by atoms with Crippen LogP contribution in [0, 0.1) is 0 Å². The lowest BCUT2D eigenvalue weighted by Gasteiger charge is -2.33. The van der Waals surface area contributed by atoms with Crippen molar-refractivity contribution in [3.8, 4) is 0 Å². The minimum atomic E-state index is -3.36. The molecule has 0 aromatic heterocycles. The number of fused-ring (bicyclic) bond motifs is 1. The van der Waals surface area contributed by atoms with Gasteiger partial charge in [0.15, 0.2) is 9.84 Å². The molecule has 1 aliphatic rings. The van der Waals surface area contributed by atoms with E-state index in [1.807, 2.05) is 13.8 Å². The van der Waals surface area contributed by atoms with Gasteiger partial charge < -0.3 is 5.11 Å². The number of halogens is 1. The van der Waals surface area contributed by atoms with Crippen molar-refractivity contribution in [2.45, 2.75) is 30.6 Å². The van der Waals surface area contributed by atoms with Crippen LogP contribution in [0.25, 0.3) is 0 Å². The van der Waals surface area contributed by atoms with E-state index in [1.54, 1.807) is 0 Å². The van der Waals surface area contributed by atoms with E-state index >= 15 is 0 Å². The molecule has 98 valence electrons. The highest BCUT2D eigenvalue weighted by Gasteiger charge is 2.38. The van der Waals surface area contributed by atoms with Crippen LogP contribution < -0.4 is 0 Å². The van der Waals surface area contributed by atoms with Crippen molar-refractivity contribution in [3.63, 3.8) is 0 Å². The van der Waals surface area contributed by atoms with E-state index in [0.29, 0.717) is 12.0 Å². The largest absolute Gasteiger partial charge is 0.478 e. The van der Waals surface area contributed by atoms with Gasteiger partial charge in [0, 0.05) is 0 Å². The van der Waals surface area contributed by atoms with Crippen LogP contribution in [0.15, 0.2) is 17.0 Å². The second kappa shape index (κ2) is 3.96. The van der Waals surface area contributed by atoms with Gasteiger partial charge in [-0.05, 0) is 29.5 Å². The number of benzene rings is 1. The highest BCUT2D eigenvalue weighted by Crippen LogP contribution is 2.43. The molecule has 0 fully saturated rings. The Labute approximate surface area is 110 Å². The molecule has 1 heterocycles. The molecule has 1 aliphatic heterocycles. The maximum atomic E-state index is 12.0. The fourth-order valence-electron chi connectivity index (χ4n) is 2.24. The number of sulfone groups is 1.